The van der Waals surface area contributed by atoms with Crippen molar-refractivity contribution >= 4 is 34.2 Å². The molecule has 1 atom stereocenters. The van der Waals surface area contributed by atoms with Crippen LogP contribution >= 0.6 is 23.2 Å². The molecule has 0 aliphatic rings. The maximum absolute atomic E-state index is 6.12. The van der Waals surface area contributed by atoms with E-state index in [1.165, 1.54) is 25.7 Å². The monoisotopic (exact) mass is 312 g/mol. The van der Waals surface area contributed by atoms with E-state index >= 15 is 0 Å². The Morgan fingerprint density at radius 2 is 2.05 bits per heavy atom. The summed E-state index contributed by atoms with van der Waals surface area (Å²) in [6.07, 6.45) is 6.28. The molecule has 1 unspecified atom stereocenters. The van der Waals surface area contributed by atoms with Gasteiger partial charge in [0.15, 0.2) is 0 Å². The van der Waals surface area contributed by atoms with Crippen LogP contribution in [0.3, 0.4) is 0 Å². The highest BCUT2D eigenvalue weighted by atomic mass is 35.5. The molecular formula is C16H22Cl2N2. The lowest BCUT2D eigenvalue weighted by atomic mass is 10.1. The molecule has 0 radical (unpaired) electrons. The number of halogens is 2. The average molecular weight is 313 g/mol. The quantitative estimate of drug-likeness (QED) is 0.455. The molecule has 1 aromatic heterocycles. The summed E-state index contributed by atoms with van der Waals surface area (Å²) in [4.78, 5) is 4.61. The van der Waals surface area contributed by atoms with E-state index < -0.39 is 0 Å². The first-order chi connectivity index (χ1) is 9.67. The summed E-state index contributed by atoms with van der Waals surface area (Å²) < 4.78 is 2.25. The number of hydrogen-bond acceptors (Lipinski definition) is 1. The van der Waals surface area contributed by atoms with E-state index in [0.717, 1.165) is 28.3 Å². The standard InChI is InChI=1S/C16H22Cl2N2/c1-3-4-5-6-7-12(2)20-15-10-13(18)8-9-14(15)19-16(20)11-17/h8-10,12H,3-7,11H2,1-2H3. The minimum atomic E-state index is 0.407. The van der Waals surface area contributed by atoms with E-state index in [1.54, 1.807) is 0 Å². The fraction of sp³-hybridized carbons (Fsp3) is 0.562. The summed E-state index contributed by atoms with van der Waals surface area (Å²) in [5.41, 5.74) is 2.07. The molecule has 2 nitrogen and oxygen atoms in total. The highest BCUT2D eigenvalue weighted by Gasteiger charge is 2.15. The SMILES string of the molecule is CCCCCCC(C)n1c(CCl)nc2ccc(Cl)cc21. The van der Waals surface area contributed by atoms with Crippen molar-refractivity contribution in [2.45, 2.75) is 57.9 Å². The average Bonchev–Trinajstić information content (AvgIpc) is 2.81. The number of alkyl halides is 1. The molecule has 1 heterocycles. The smallest absolute Gasteiger partial charge is 0.125 e. The van der Waals surface area contributed by atoms with Crippen molar-refractivity contribution in [2.24, 2.45) is 0 Å². The number of nitrogens with zero attached hydrogens (tertiary/aromatic N) is 2. The third kappa shape index (κ3) is 3.48. The molecule has 0 N–H and O–H groups in total. The number of rotatable bonds is 7. The molecule has 0 saturated carbocycles. The fourth-order valence-corrected chi connectivity index (χ4v) is 3.05. The Hall–Kier alpha value is -0.730. The van der Waals surface area contributed by atoms with Gasteiger partial charge in [-0.05, 0) is 31.5 Å². The molecule has 20 heavy (non-hydrogen) atoms. The van der Waals surface area contributed by atoms with Gasteiger partial charge in [-0.3, -0.25) is 0 Å². The molecule has 0 saturated heterocycles. The Kier molecular flexibility index (Phi) is 5.74. The zero-order chi connectivity index (χ0) is 14.5. The summed E-state index contributed by atoms with van der Waals surface area (Å²) >= 11 is 12.2. The number of hydrogen-bond donors (Lipinski definition) is 0. The van der Waals surface area contributed by atoms with Gasteiger partial charge >= 0.3 is 0 Å². The van der Waals surface area contributed by atoms with E-state index in [1.807, 2.05) is 18.2 Å². The molecule has 110 valence electrons. The summed E-state index contributed by atoms with van der Waals surface area (Å²) in [6.45, 7) is 4.48. The van der Waals surface area contributed by atoms with Gasteiger partial charge in [-0.15, -0.1) is 11.6 Å². The second-order valence-corrected chi connectivity index (χ2v) is 6.07. The molecular weight excluding hydrogens is 291 g/mol. The van der Waals surface area contributed by atoms with Crippen LogP contribution in [0.4, 0.5) is 0 Å². The van der Waals surface area contributed by atoms with Gasteiger partial charge in [-0.25, -0.2) is 4.98 Å². The van der Waals surface area contributed by atoms with Crippen molar-refractivity contribution in [3.05, 3.63) is 29.0 Å². The van der Waals surface area contributed by atoms with Gasteiger partial charge in [-0.1, -0.05) is 44.2 Å². The first kappa shape index (κ1) is 15.7. The Morgan fingerprint density at radius 3 is 2.75 bits per heavy atom. The molecule has 0 amide bonds. The molecule has 0 aliphatic carbocycles. The predicted octanol–water partition coefficient (Wildman–Crippen LogP) is 5.96. The Bertz CT molecular complexity index is 563. The zero-order valence-electron chi connectivity index (χ0n) is 12.2. The van der Waals surface area contributed by atoms with Gasteiger partial charge in [0.2, 0.25) is 0 Å². The van der Waals surface area contributed by atoms with Crippen molar-refractivity contribution in [2.75, 3.05) is 0 Å². The van der Waals surface area contributed by atoms with Gasteiger partial charge in [0.1, 0.15) is 5.82 Å². The van der Waals surface area contributed by atoms with E-state index in [4.69, 9.17) is 23.2 Å². The summed E-state index contributed by atoms with van der Waals surface area (Å²) in [6, 6.07) is 6.24. The zero-order valence-corrected chi connectivity index (χ0v) is 13.7. The van der Waals surface area contributed by atoms with Crippen LogP contribution in [-0.4, -0.2) is 9.55 Å². The van der Waals surface area contributed by atoms with Crippen LogP contribution in [0.15, 0.2) is 18.2 Å². The second-order valence-electron chi connectivity index (χ2n) is 5.36. The van der Waals surface area contributed by atoms with Crippen molar-refractivity contribution in [1.29, 1.82) is 0 Å². The van der Waals surface area contributed by atoms with E-state index in [-0.39, 0.29) is 0 Å². The van der Waals surface area contributed by atoms with Crippen LogP contribution in [0, 0.1) is 0 Å². The van der Waals surface area contributed by atoms with Crippen LogP contribution in [0.25, 0.3) is 11.0 Å². The molecule has 0 aliphatic heterocycles. The summed E-state index contributed by atoms with van der Waals surface area (Å²) in [5, 5.41) is 0.748. The van der Waals surface area contributed by atoms with Crippen LogP contribution in [-0.2, 0) is 5.88 Å². The van der Waals surface area contributed by atoms with Crippen molar-refractivity contribution in [3.8, 4) is 0 Å². The predicted molar refractivity (Wildman–Crippen MR) is 87.8 cm³/mol. The largest absolute Gasteiger partial charge is 0.324 e. The van der Waals surface area contributed by atoms with Crippen LogP contribution in [0.1, 0.15) is 57.8 Å². The number of aromatic nitrogens is 2. The first-order valence-corrected chi connectivity index (χ1v) is 8.31. The topological polar surface area (TPSA) is 17.8 Å². The van der Waals surface area contributed by atoms with Gasteiger partial charge in [0.25, 0.3) is 0 Å². The summed E-state index contributed by atoms with van der Waals surface area (Å²) in [7, 11) is 0. The lowest BCUT2D eigenvalue weighted by molar-refractivity contribution is 0.473. The lowest BCUT2D eigenvalue weighted by Crippen LogP contribution is -2.08. The van der Waals surface area contributed by atoms with Crippen LogP contribution in [0.5, 0.6) is 0 Å². The molecule has 1 aromatic carbocycles. The molecule has 0 spiro atoms. The number of unbranched alkanes of at least 4 members (excludes halogenated alkanes) is 3. The van der Waals surface area contributed by atoms with Gasteiger partial charge < -0.3 is 4.57 Å². The van der Waals surface area contributed by atoms with Crippen molar-refractivity contribution in [1.82, 2.24) is 9.55 Å². The minimum Gasteiger partial charge on any atom is -0.324 e. The highest BCUT2D eigenvalue weighted by Crippen LogP contribution is 2.27. The normalized spacial score (nSPS) is 13.0. The van der Waals surface area contributed by atoms with E-state index in [9.17, 15) is 0 Å². The third-order valence-electron chi connectivity index (χ3n) is 3.76. The molecule has 0 bridgehead atoms. The Morgan fingerprint density at radius 1 is 1.25 bits per heavy atom. The fourth-order valence-electron chi connectivity index (χ4n) is 2.70. The van der Waals surface area contributed by atoms with Crippen molar-refractivity contribution in [3.63, 3.8) is 0 Å². The number of imidazole rings is 1. The minimum absolute atomic E-state index is 0.407. The molecule has 4 heteroatoms. The Labute approximate surface area is 131 Å². The lowest BCUT2D eigenvalue weighted by Gasteiger charge is -2.17. The number of fused-ring (bicyclic) bond motifs is 1. The van der Waals surface area contributed by atoms with E-state index in [2.05, 4.69) is 23.4 Å². The van der Waals surface area contributed by atoms with Gasteiger partial charge in [0.05, 0.1) is 16.9 Å². The summed E-state index contributed by atoms with van der Waals surface area (Å²) in [5.74, 6) is 1.37. The van der Waals surface area contributed by atoms with E-state index in [0.29, 0.717) is 11.9 Å². The number of benzene rings is 1. The van der Waals surface area contributed by atoms with Crippen LogP contribution < -0.4 is 0 Å². The van der Waals surface area contributed by atoms with Crippen LogP contribution in [0.2, 0.25) is 5.02 Å². The first-order valence-electron chi connectivity index (χ1n) is 7.39. The molecule has 2 aromatic rings. The molecule has 0 fully saturated rings. The van der Waals surface area contributed by atoms with Crippen molar-refractivity contribution < 1.29 is 0 Å². The molecule has 2 rings (SSSR count). The maximum atomic E-state index is 6.12. The second kappa shape index (κ2) is 7.33. The van der Waals surface area contributed by atoms with Gasteiger partial charge in [0, 0.05) is 11.1 Å². The van der Waals surface area contributed by atoms with Gasteiger partial charge in [-0.2, -0.15) is 0 Å². The maximum Gasteiger partial charge on any atom is 0.125 e. The Balaban J connectivity index is 2.24. The third-order valence-corrected chi connectivity index (χ3v) is 4.23. The highest BCUT2D eigenvalue weighted by molar-refractivity contribution is 6.31.